The first-order valence-electron chi connectivity index (χ1n) is 6.94. The lowest BCUT2D eigenvalue weighted by Gasteiger charge is -2.32. The van der Waals surface area contributed by atoms with Crippen molar-refractivity contribution in [3.8, 4) is 5.75 Å². The van der Waals surface area contributed by atoms with Crippen LogP contribution in [0.1, 0.15) is 38.1 Å². The molecule has 1 aromatic rings. The second kappa shape index (κ2) is 5.76. The van der Waals surface area contributed by atoms with Crippen molar-refractivity contribution in [1.29, 1.82) is 0 Å². The van der Waals surface area contributed by atoms with E-state index < -0.39 is 24.3 Å². The van der Waals surface area contributed by atoms with E-state index in [1.54, 1.807) is 12.1 Å². The molecule has 0 unspecified atom stereocenters. The Morgan fingerprint density at radius 2 is 1.68 bits per heavy atom. The molecule has 22 heavy (non-hydrogen) atoms. The first-order chi connectivity index (χ1) is 10.1. The Balaban J connectivity index is 2.43. The Morgan fingerprint density at radius 3 is 2.14 bits per heavy atom. The molecule has 120 valence electrons. The molecule has 1 saturated heterocycles. The van der Waals surface area contributed by atoms with E-state index in [-0.39, 0.29) is 10.6 Å². The number of carbonyl (C=O) groups is 1. The van der Waals surface area contributed by atoms with Gasteiger partial charge in [0.25, 0.3) is 0 Å². The van der Waals surface area contributed by atoms with Crippen molar-refractivity contribution in [3.05, 3.63) is 22.7 Å². The Kier molecular flexibility index (Phi) is 4.48. The maximum absolute atomic E-state index is 11.8. The summed E-state index contributed by atoms with van der Waals surface area (Å²) in [5.74, 6) is -0.230. The van der Waals surface area contributed by atoms with Crippen LogP contribution in [0.2, 0.25) is 5.02 Å². The molecule has 7 heteroatoms. The number of ether oxygens (including phenoxy) is 2. The van der Waals surface area contributed by atoms with Crippen molar-refractivity contribution in [1.82, 2.24) is 0 Å². The molecule has 0 radical (unpaired) electrons. The number of benzene rings is 1. The summed E-state index contributed by atoms with van der Waals surface area (Å²) in [4.78, 5) is 11.8. The molecule has 0 amide bonds. The third kappa shape index (κ3) is 2.83. The van der Waals surface area contributed by atoms with Gasteiger partial charge in [-0.15, -0.1) is 0 Å². The Bertz CT molecular complexity index is 584. The fourth-order valence-electron chi connectivity index (χ4n) is 2.18. The zero-order chi connectivity index (χ0) is 16.7. The van der Waals surface area contributed by atoms with Crippen LogP contribution in [-0.4, -0.2) is 38.5 Å². The minimum atomic E-state index is -0.580. The highest BCUT2D eigenvalue weighted by molar-refractivity contribution is 6.62. The molecule has 5 nitrogen and oxygen atoms in total. The third-order valence-electron chi connectivity index (χ3n) is 4.21. The van der Waals surface area contributed by atoms with E-state index in [1.165, 1.54) is 14.2 Å². The van der Waals surface area contributed by atoms with E-state index in [9.17, 15) is 4.79 Å². The van der Waals surface area contributed by atoms with Gasteiger partial charge in [0.2, 0.25) is 0 Å². The smallest absolute Gasteiger partial charge is 0.495 e. The SMILES string of the molecule is COC(=O)c1c(Cl)cc(B2OC(C)(C)C(C)(C)O2)cc1OC. The lowest BCUT2D eigenvalue weighted by Crippen LogP contribution is -2.41. The molecule has 2 rings (SSSR count). The fourth-order valence-corrected chi connectivity index (χ4v) is 2.47. The largest absolute Gasteiger partial charge is 0.496 e. The van der Waals surface area contributed by atoms with Crippen LogP contribution in [0.5, 0.6) is 5.75 Å². The van der Waals surface area contributed by atoms with Gasteiger partial charge in [-0.05, 0) is 45.3 Å². The molecular weight excluding hydrogens is 306 g/mol. The summed E-state index contributed by atoms with van der Waals surface area (Å²) in [5, 5.41) is 0.232. The Labute approximate surface area is 136 Å². The lowest BCUT2D eigenvalue weighted by molar-refractivity contribution is 0.00578. The topological polar surface area (TPSA) is 54.0 Å². The summed E-state index contributed by atoms with van der Waals surface area (Å²) < 4.78 is 21.9. The quantitative estimate of drug-likeness (QED) is 0.631. The van der Waals surface area contributed by atoms with Crippen LogP contribution in [0.4, 0.5) is 0 Å². The molecular formula is C15H20BClO5. The molecule has 1 aromatic carbocycles. The van der Waals surface area contributed by atoms with Gasteiger partial charge in [0, 0.05) is 0 Å². The molecule has 0 saturated carbocycles. The van der Waals surface area contributed by atoms with Gasteiger partial charge in [0.1, 0.15) is 11.3 Å². The molecule has 0 N–H and O–H groups in total. The van der Waals surface area contributed by atoms with E-state index >= 15 is 0 Å². The average molecular weight is 327 g/mol. The van der Waals surface area contributed by atoms with Gasteiger partial charge in [-0.3, -0.25) is 0 Å². The first kappa shape index (κ1) is 17.1. The highest BCUT2D eigenvalue weighted by Crippen LogP contribution is 2.37. The molecule has 1 aliphatic rings. The van der Waals surface area contributed by atoms with Crippen molar-refractivity contribution in [2.24, 2.45) is 0 Å². The van der Waals surface area contributed by atoms with E-state index in [0.29, 0.717) is 11.2 Å². The summed E-state index contributed by atoms with van der Waals surface area (Å²) in [7, 11) is 2.18. The van der Waals surface area contributed by atoms with Crippen molar-refractivity contribution in [2.45, 2.75) is 38.9 Å². The normalized spacial score (nSPS) is 19.1. The number of carbonyl (C=O) groups excluding carboxylic acids is 1. The molecule has 1 fully saturated rings. The monoisotopic (exact) mass is 326 g/mol. The number of esters is 1. The number of rotatable bonds is 3. The van der Waals surface area contributed by atoms with Gasteiger partial charge < -0.3 is 18.8 Å². The standard InChI is InChI=1S/C15H20BClO5/c1-14(2)15(3,4)22-16(21-14)9-7-10(17)12(13(18)20-6)11(8-9)19-5/h7-8H,1-6H3. The van der Waals surface area contributed by atoms with E-state index in [0.717, 1.165) is 0 Å². The van der Waals surface area contributed by atoms with Gasteiger partial charge in [0.15, 0.2) is 0 Å². The molecule has 1 aliphatic heterocycles. The minimum absolute atomic E-state index is 0.187. The maximum atomic E-state index is 11.8. The number of methoxy groups -OCH3 is 2. The molecule has 0 aliphatic carbocycles. The van der Waals surface area contributed by atoms with Crippen LogP contribution in [0.3, 0.4) is 0 Å². The molecule has 0 bridgehead atoms. The van der Waals surface area contributed by atoms with E-state index in [4.69, 9.17) is 30.4 Å². The zero-order valence-electron chi connectivity index (χ0n) is 13.7. The highest BCUT2D eigenvalue weighted by Gasteiger charge is 2.52. The van der Waals surface area contributed by atoms with Crippen LogP contribution < -0.4 is 10.2 Å². The van der Waals surface area contributed by atoms with Gasteiger partial charge in [-0.25, -0.2) is 4.79 Å². The maximum Gasteiger partial charge on any atom is 0.495 e. The van der Waals surface area contributed by atoms with Crippen LogP contribution in [0, 0.1) is 0 Å². The number of halogens is 1. The predicted molar refractivity (Wildman–Crippen MR) is 85.1 cm³/mol. The van der Waals surface area contributed by atoms with Crippen LogP contribution >= 0.6 is 11.6 Å². The fraction of sp³-hybridized carbons (Fsp3) is 0.533. The molecule has 0 spiro atoms. The van der Waals surface area contributed by atoms with Crippen LogP contribution in [-0.2, 0) is 14.0 Å². The highest BCUT2D eigenvalue weighted by atomic mass is 35.5. The molecule has 1 heterocycles. The van der Waals surface area contributed by atoms with Gasteiger partial charge >= 0.3 is 13.1 Å². The second-order valence-electron chi connectivity index (χ2n) is 6.16. The van der Waals surface area contributed by atoms with Crippen molar-refractivity contribution < 1.29 is 23.6 Å². The zero-order valence-corrected chi connectivity index (χ0v) is 14.4. The van der Waals surface area contributed by atoms with Crippen molar-refractivity contribution >= 4 is 30.2 Å². The Hall–Kier alpha value is -1.24. The van der Waals surface area contributed by atoms with Gasteiger partial charge in [0.05, 0.1) is 30.4 Å². The number of hydrogen-bond acceptors (Lipinski definition) is 5. The van der Waals surface area contributed by atoms with Crippen LogP contribution in [0.15, 0.2) is 12.1 Å². The Morgan fingerprint density at radius 1 is 1.14 bits per heavy atom. The van der Waals surface area contributed by atoms with Crippen LogP contribution in [0.25, 0.3) is 0 Å². The summed E-state index contributed by atoms with van der Waals surface area (Å²) in [5.41, 5.74) is -0.0448. The predicted octanol–water partition coefficient (Wildman–Crippen LogP) is 2.43. The molecule has 0 atom stereocenters. The van der Waals surface area contributed by atoms with Gasteiger partial charge in [-0.1, -0.05) is 11.6 Å². The molecule has 0 aromatic heterocycles. The van der Waals surface area contributed by atoms with E-state index in [2.05, 4.69) is 0 Å². The minimum Gasteiger partial charge on any atom is -0.496 e. The summed E-state index contributed by atoms with van der Waals surface area (Å²) >= 11 is 6.22. The third-order valence-corrected chi connectivity index (χ3v) is 4.51. The number of hydrogen-bond donors (Lipinski definition) is 0. The first-order valence-corrected chi connectivity index (χ1v) is 7.32. The lowest BCUT2D eigenvalue weighted by atomic mass is 9.78. The average Bonchev–Trinajstić information content (AvgIpc) is 2.65. The van der Waals surface area contributed by atoms with Crippen molar-refractivity contribution in [2.75, 3.05) is 14.2 Å². The summed E-state index contributed by atoms with van der Waals surface area (Å²) in [6.45, 7) is 7.87. The summed E-state index contributed by atoms with van der Waals surface area (Å²) in [6.07, 6.45) is 0. The van der Waals surface area contributed by atoms with Crippen molar-refractivity contribution in [3.63, 3.8) is 0 Å². The summed E-state index contributed by atoms with van der Waals surface area (Å²) in [6, 6.07) is 3.32. The van der Waals surface area contributed by atoms with Gasteiger partial charge in [-0.2, -0.15) is 0 Å². The second-order valence-corrected chi connectivity index (χ2v) is 6.57. The van der Waals surface area contributed by atoms with E-state index in [1.807, 2.05) is 27.7 Å².